The van der Waals surface area contributed by atoms with Crippen molar-refractivity contribution in [2.45, 2.75) is 13.2 Å². The quantitative estimate of drug-likeness (QED) is 0.308. The molecule has 0 aliphatic carbocycles. The zero-order valence-electron chi connectivity index (χ0n) is 14.6. The molecule has 0 heterocycles. The number of rotatable bonds is 7. The fourth-order valence-electron chi connectivity index (χ4n) is 2.45. The van der Waals surface area contributed by atoms with Crippen LogP contribution in [0, 0.1) is 0 Å². The summed E-state index contributed by atoms with van der Waals surface area (Å²) < 4.78 is 5.91. The second-order valence-electron chi connectivity index (χ2n) is 5.86. The third-order valence-electron chi connectivity index (χ3n) is 3.93. The lowest BCUT2D eigenvalue weighted by molar-refractivity contribution is 0.306. The predicted molar refractivity (Wildman–Crippen MR) is 118 cm³/mol. The predicted octanol–water partition coefficient (Wildman–Crippen LogP) is 7.00. The number of hydrogen-bond acceptors (Lipinski definition) is 3. The Balaban J connectivity index is 1.64. The van der Waals surface area contributed by atoms with E-state index < -0.39 is 0 Å². The number of nitrogens with one attached hydrogen (secondary N) is 1. The van der Waals surface area contributed by atoms with Gasteiger partial charge in [0.15, 0.2) is 0 Å². The maximum atomic E-state index is 6.20. The molecule has 0 atom stereocenters. The third-order valence-corrected chi connectivity index (χ3v) is 5.22. The lowest BCUT2D eigenvalue weighted by Crippen LogP contribution is -2.07. The summed E-state index contributed by atoms with van der Waals surface area (Å²) in [5, 5.41) is 6.60. The summed E-state index contributed by atoms with van der Waals surface area (Å²) in [4.78, 5) is 0. The van der Waals surface area contributed by atoms with E-state index in [4.69, 9.17) is 51.1 Å². The van der Waals surface area contributed by atoms with E-state index in [-0.39, 0.29) is 0 Å². The number of ether oxygens (including phenoxy) is 1. The van der Waals surface area contributed by atoms with Gasteiger partial charge in [0.25, 0.3) is 0 Å². The zero-order valence-corrected chi connectivity index (χ0v) is 17.7. The first-order valence-corrected chi connectivity index (χ1v) is 9.90. The highest BCUT2D eigenvalue weighted by Crippen LogP contribution is 2.25. The number of para-hydroxylation sites is 1. The smallest absolute Gasteiger partial charge is 0.128 e. The minimum absolute atomic E-state index is 0.323. The molecule has 0 aliphatic rings. The van der Waals surface area contributed by atoms with Crippen molar-refractivity contribution in [1.29, 1.82) is 0 Å². The standard InChI is InChI=1S/C21H16Cl4N2O/c22-16-9-8-15(20(25)10-16)13-28-21-7-2-1-4-14(21)11-26-27-12-17-18(23)5-3-6-19(17)24/h1-11,27H,12-13H2/b26-11+. The van der Waals surface area contributed by atoms with Crippen LogP contribution in [0.5, 0.6) is 5.75 Å². The largest absolute Gasteiger partial charge is 0.488 e. The molecule has 3 aromatic rings. The van der Waals surface area contributed by atoms with Crippen LogP contribution in [0.25, 0.3) is 0 Å². The summed E-state index contributed by atoms with van der Waals surface area (Å²) in [6.45, 7) is 0.738. The first kappa shape index (κ1) is 20.8. The molecule has 0 fully saturated rings. The molecular formula is C21H16Cl4N2O. The lowest BCUT2D eigenvalue weighted by atomic mass is 10.2. The maximum Gasteiger partial charge on any atom is 0.128 e. The summed E-state index contributed by atoms with van der Waals surface area (Å²) in [5.74, 6) is 0.690. The van der Waals surface area contributed by atoms with Gasteiger partial charge in [-0.1, -0.05) is 70.7 Å². The highest BCUT2D eigenvalue weighted by Gasteiger charge is 2.06. The van der Waals surface area contributed by atoms with Gasteiger partial charge in [0.2, 0.25) is 0 Å². The normalized spacial score (nSPS) is 11.0. The Morgan fingerprint density at radius 1 is 0.857 bits per heavy atom. The van der Waals surface area contributed by atoms with Crippen molar-refractivity contribution in [3.63, 3.8) is 0 Å². The molecule has 0 spiro atoms. The van der Waals surface area contributed by atoms with Gasteiger partial charge in [0.05, 0.1) is 12.8 Å². The minimum Gasteiger partial charge on any atom is -0.488 e. The summed E-state index contributed by atoms with van der Waals surface area (Å²) in [5.41, 5.74) is 5.43. The second-order valence-corrected chi connectivity index (χ2v) is 7.51. The summed E-state index contributed by atoms with van der Waals surface area (Å²) in [6.07, 6.45) is 1.68. The Bertz CT molecular complexity index is 972. The summed E-state index contributed by atoms with van der Waals surface area (Å²) in [6, 6.07) is 18.3. The van der Waals surface area contributed by atoms with Gasteiger partial charge in [-0.25, -0.2) is 0 Å². The molecule has 0 amide bonds. The van der Waals surface area contributed by atoms with Crippen LogP contribution in [0.1, 0.15) is 16.7 Å². The van der Waals surface area contributed by atoms with Crippen molar-refractivity contribution in [2.75, 3.05) is 0 Å². The molecule has 28 heavy (non-hydrogen) atoms. The van der Waals surface area contributed by atoms with Gasteiger partial charge in [-0.3, -0.25) is 0 Å². The van der Waals surface area contributed by atoms with Crippen LogP contribution in [0.3, 0.4) is 0 Å². The van der Waals surface area contributed by atoms with Crippen LogP contribution in [-0.2, 0) is 13.2 Å². The molecule has 0 saturated heterocycles. The molecule has 1 N–H and O–H groups in total. The van der Waals surface area contributed by atoms with E-state index in [0.717, 1.165) is 16.7 Å². The van der Waals surface area contributed by atoms with Gasteiger partial charge in [0, 0.05) is 36.8 Å². The second kappa shape index (κ2) is 10.0. The Labute approximate surface area is 183 Å². The third kappa shape index (κ3) is 5.55. The zero-order chi connectivity index (χ0) is 19.9. The fraction of sp³-hybridized carbons (Fsp3) is 0.0952. The van der Waals surface area contributed by atoms with Gasteiger partial charge in [-0.2, -0.15) is 5.10 Å². The van der Waals surface area contributed by atoms with Crippen molar-refractivity contribution >= 4 is 52.6 Å². The van der Waals surface area contributed by atoms with E-state index in [1.165, 1.54) is 0 Å². The molecule has 0 aromatic heterocycles. The monoisotopic (exact) mass is 452 g/mol. The van der Waals surface area contributed by atoms with Crippen molar-refractivity contribution < 1.29 is 4.74 Å². The Morgan fingerprint density at radius 2 is 1.61 bits per heavy atom. The molecule has 0 unspecified atom stereocenters. The Morgan fingerprint density at radius 3 is 2.36 bits per heavy atom. The minimum atomic E-state index is 0.323. The average Bonchev–Trinajstić information content (AvgIpc) is 2.67. The molecule has 0 radical (unpaired) electrons. The SMILES string of the molecule is Clc1ccc(COc2ccccc2/C=N/NCc2c(Cl)cccc2Cl)c(Cl)c1. The van der Waals surface area contributed by atoms with Crippen LogP contribution in [-0.4, -0.2) is 6.21 Å². The Kier molecular flexibility index (Phi) is 7.46. The number of hydrazone groups is 1. The maximum absolute atomic E-state index is 6.20. The van der Waals surface area contributed by atoms with Gasteiger partial charge < -0.3 is 10.2 Å². The van der Waals surface area contributed by atoms with E-state index in [2.05, 4.69) is 10.5 Å². The molecule has 3 aromatic carbocycles. The van der Waals surface area contributed by atoms with Crippen LogP contribution < -0.4 is 10.2 Å². The van der Waals surface area contributed by atoms with Crippen LogP contribution in [0.15, 0.2) is 65.8 Å². The van der Waals surface area contributed by atoms with Crippen molar-refractivity contribution in [1.82, 2.24) is 5.43 Å². The highest BCUT2D eigenvalue weighted by molar-refractivity contribution is 6.36. The van der Waals surface area contributed by atoms with E-state index in [1.54, 1.807) is 36.5 Å². The van der Waals surface area contributed by atoms with Crippen LogP contribution in [0.4, 0.5) is 0 Å². The number of halogens is 4. The van der Waals surface area contributed by atoms with Gasteiger partial charge in [0.1, 0.15) is 12.4 Å². The number of nitrogens with zero attached hydrogens (tertiary/aromatic N) is 1. The molecule has 7 heteroatoms. The van der Waals surface area contributed by atoms with Gasteiger partial charge in [-0.05, 0) is 36.4 Å². The molecule has 144 valence electrons. The van der Waals surface area contributed by atoms with Crippen molar-refractivity contribution in [3.05, 3.63) is 97.4 Å². The van der Waals surface area contributed by atoms with E-state index in [9.17, 15) is 0 Å². The van der Waals surface area contributed by atoms with E-state index in [1.807, 2.05) is 30.3 Å². The van der Waals surface area contributed by atoms with E-state index >= 15 is 0 Å². The van der Waals surface area contributed by atoms with Gasteiger partial charge >= 0.3 is 0 Å². The molecule has 0 aliphatic heterocycles. The molecule has 0 saturated carbocycles. The molecule has 3 nitrogen and oxygen atoms in total. The molecular weight excluding hydrogens is 438 g/mol. The van der Waals surface area contributed by atoms with Crippen LogP contribution in [0.2, 0.25) is 20.1 Å². The molecule has 3 rings (SSSR count). The van der Waals surface area contributed by atoms with Crippen molar-refractivity contribution in [3.8, 4) is 5.75 Å². The average molecular weight is 454 g/mol. The summed E-state index contributed by atoms with van der Waals surface area (Å²) >= 11 is 24.4. The number of benzene rings is 3. The fourth-order valence-corrected chi connectivity index (χ4v) is 3.45. The van der Waals surface area contributed by atoms with Gasteiger partial charge in [-0.15, -0.1) is 0 Å². The summed E-state index contributed by atoms with van der Waals surface area (Å²) in [7, 11) is 0. The first-order chi connectivity index (χ1) is 13.5. The van der Waals surface area contributed by atoms with Crippen LogP contribution >= 0.6 is 46.4 Å². The number of hydrogen-bond donors (Lipinski definition) is 1. The van der Waals surface area contributed by atoms with Crippen molar-refractivity contribution in [2.24, 2.45) is 5.10 Å². The lowest BCUT2D eigenvalue weighted by Gasteiger charge is -2.10. The first-order valence-electron chi connectivity index (χ1n) is 8.39. The van der Waals surface area contributed by atoms with E-state index in [0.29, 0.717) is 39.0 Å². The highest BCUT2D eigenvalue weighted by atomic mass is 35.5. The molecule has 0 bridgehead atoms. The Hall–Kier alpha value is -1.91. The topological polar surface area (TPSA) is 33.6 Å².